The van der Waals surface area contributed by atoms with Crippen LogP contribution >= 0.6 is 22.6 Å². The van der Waals surface area contributed by atoms with Gasteiger partial charge in [-0.05, 0) is 24.3 Å². The van der Waals surface area contributed by atoms with Gasteiger partial charge in [-0.15, -0.1) is 0 Å². The number of nitrogens with zero attached hydrogens (tertiary/aromatic N) is 2. The molecule has 72 valence electrons. The molecular formula is C9H6FIN2O. The molecule has 0 spiro atoms. The van der Waals surface area contributed by atoms with Crippen LogP contribution in [0, 0.1) is 5.82 Å². The molecule has 2 aromatic rings. The summed E-state index contributed by atoms with van der Waals surface area (Å²) in [5.74, 6) is 0.795. The summed E-state index contributed by atoms with van der Waals surface area (Å²) < 4.78 is 18.3. The maximum Gasteiger partial charge on any atom is 0.257 e. The van der Waals surface area contributed by atoms with Crippen LogP contribution in [0.25, 0.3) is 11.5 Å². The molecule has 1 heterocycles. The normalized spacial score (nSPS) is 10.4. The second-order valence-corrected chi connectivity index (χ2v) is 3.42. The van der Waals surface area contributed by atoms with E-state index in [0.717, 1.165) is 5.56 Å². The zero-order valence-electron chi connectivity index (χ0n) is 7.08. The molecule has 0 amide bonds. The maximum absolute atomic E-state index is 12.6. The van der Waals surface area contributed by atoms with Crippen LogP contribution in [0.3, 0.4) is 0 Å². The van der Waals surface area contributed by atoms with Gasteiger partial charge in [0.1, 0.15) is 5.82 Å². The Morgan fingerprint density at radius 3 is 2.57 bits per heavy atom. The van der Waals surface area contributed by atoms with Gasteiger partial charge < -0.3 is 4.52 Å². The van der Waals surface area contributed by atoms with E-state index in [1.54, 1.807) is 12.1 Å². The van der Waals surface area contributed by atoms with Crippen molar-refractivity contribution in [3.8, 4) is 11.5 Å². The molecule has 0 radical (unpaired) electrons. The highest BCUT2D eigenvalue weighted by atomic mass is 127. The fourth-order valence-corrected chi connectivity index (χ4v) is 1.33. The molecule has 0 aliphatic carbocycles. The molecule has 0 aliphatic rings. The van der Waals surface area contributed by atoms with Gasteiger partial charge in [0.25, 0.3) is 5.89 Å². The second-order valence-electron chi connectivity index (χ2n) is 2.66. The van der Waals surface area contributed by atoms with E-state index >= 15 is 0 Å². The first-order chi connectivity index (χ1) is 6.79. The van der Waals surface area contributed by atoms with Crippen molar-refractivity contribution in [2.45, 2.75) is 4.43 Å². The summed E-state index contributed by atoms with van der Waals surface area (Å²) in [5, 5.41) is 3.75. The Balaban J connectivity index is 2.34. The van der Waals surface area contributed by atoms with E-state index in [-0.39, 0.29) is 5.82 Å². The molecule has 0 N–H and O–H groups in total. The van der Waals surface area contributed by atoms with Gasteiger partial charge in [0.05, 0.1) is 4.43 Å². The summed E-state index contributed by atoms with van der Waals surface area (Å²) in [7, 11) is 0. The minimum absolute atomic E-state index is 0.276. The monoisotopic (exact) mass is 304 g/mol. The zero-order chi connectivity index (χ0) is 9.97. The smallest absolute Gasteiger partial charge is 0.257 e. The van der Waals surface area contributed by atoms with Gasteiger partial charge in [-0.25, -0.2) is 4.39 Å². The molecule has 0 saturated carbocycles. The van der Waals surface area contributed by atoms with E-state index in [4.69, 9.17) is 4.52 Å². The van der Waals surface area contributed by atoms with Crippen LogP contribution in [0.15, 0.2) is 28.8 Å². The van der Waals surface area contributed by atoms with Gasteiger partial charge in [0.2, 0.25) is 0 Å². The van der Waals surface area contributed by atoms with Crippen molar-refractivity contribution >= 4 is 22.6 Å². The minimum atomic E-state index is -0.276. The Bertz CT molecular complexity index is 427. The lowest BCUT2D eigenvalue weighted by Crippen LogP contribution is -1.81. The molecule has 1 aromatic heterocycles. The fraction of sp³-hybridized carbons (Fsp3) is 0.111. The first-order valence-electron chi connectivity index (χ1n) is 3.94. The summed E-state index contributed by atoms with van der Waals surface area (Å²) in [6, 6.07) is 5.95. The Labute approximate surface area is 93.5 Å². The van der Waals surface area contributed by atoms with Crippen molar-refractivity contribution in [1.29, 1.82) is 0 Å². The van der Waals surface area contributed by atoms with E-state index in [2.05, 4.69) is 32.7 Å². The van der Waals surface area contributed by atoms with Crippen LogP contribution in [0.5, 0.6) is 0 Å². The highest BCUT2D eigenvalue weighted by Crippen LogP contribution is 2.17. The van der Waals surface area contributed by atoms with E-state index in [9.17, 15) is 4.39 Å². The number of halogens is 2. The average Bonchev–Trinajstić information content (AvgIpc) is 2.67. The third kappa shape index (κ3) is 1.92. The molecule has 2 rings (SSSR count). The molecule has 5 heteroatoms. The van der Waals surface area contributed by atoms with Crippen LogP contribution in [0.2, 0.25) is 0 Å². The Morgan fingerprint density at radius 2 is 2.00 bits per heavy atom. The summed E-state index contributed by atoms with van der Waals surface area (Å²) >= 11 is 2.15. The molecule has 0 atom stereocenters. The summed E-state index contributed by atoms with van der Waals surface area (Å²) in [5.41, 5.74) is 0.731. The fourth-order valence-electron chi connectivity index (χ4n) is 1.02. The number of aromatic nitrogens is 2. The lowest BCUT2D eigenvalue weighted by Gasteiger charge is -1.91. The van der Waals surface area contributed by atoms with E-state index < -0.39 is 0 Å². The first kappa shape index (κ1) is 9.57. The van der Waals surface area contributed by atoms with E-state index in [1.165, 1.54) is 12.1 Å². The van der Waals surface area contributed by atoms with E-state index in [0.29, 0.717) is 16.1 Å². The van der Waals surface area contributed by atoms with Crippen molar-refractivity contribution in [2.24, 2.45) is 0 Å². The largest absolute Gasteiger partial charge is 0.334 e. The molecule has 3 nitrogen and oxygen atoms in total. The van der Waals surface area contributed by atoms with Crippen LogP contribution in [0.4, 0.5) is 4.39 Å². The van der Waals surface area contributed by atoms with Gasteiger partial charge >= 0.3 is 0 Å². The summed E-state index contributed by atoms with van der Waals surface area (Å²) in [6.07, 6.45) is 0. The van der Waals surface area contributed by atoms with Gasteiger partial charge in [-0.2, -0.15) is 4.98 Å². The highest BCUT2D eigenvalue weighted by Gasteiger charge is 2.07. The lowest BCUT2D eigenvalue weighted by atomic mass is 10.2. The standard InChI is InChI=1S/C9H6FIN2O/c10-7-3-1-6(2-4-7)9-12-8(5-11)13-14-9/h1-4H,5H2. The van der Waals surface area contributed by atoms with Crippen LogP contribution in [-0.4, -0.2) is 10.1 Å². The minimum Gasteiger partial charge on any atom is -0.334 e. The molecule has 0 fully saturated rings. The van der Waals surface area contributed by atoms with Crippen molar-refractivity contribution < 1.29 is 8.91 Å². The third-order valence-electron chi connectivity index (χ3n) is 1.68. The molecule has 14 heavy (non-hydrogen) atoms. The quantitative estimate of drug-likeness (QED) is 0.632. The molecule has 0 unspecified atom stereocenters. The summed E-state index contributed by atoms with van der Waals surface area (Å²) in [6.45, 7) is 0. The zero-order valence-corrected chi connectivity index (χ0v) is 9.23. The van der Waals surface area contributed by atoms with Gasteiger partial charge in [-0.3, -0.25) is 0 Å². The molecule has 0 saturated heterocycles. The molecule has 0 aliphatic heterocycles. The van der Waals surface area contributed by atoms with Crippen LogP contribution in [-0.2, 0) is 4.43 Å². The van der Waals surface area contributed by atoms with Crippen LogP contribution < -0.4 is 0 Å². The average molecular weight is 304 g/mol. The number of alkyl halides is 1. The third-order valence-corrected chi connectivity index (χ3v) is 2.36. The second kappa shape index (κ2) is 4.04. The topological polar surface area (TPSA) is 38.9 Å². The predicted molar refractivity (Wildman–Crippen MR) is 57.4 cm³/mol. The summed E-state index contributed by atoms with van der Waals surface area (Å²) in [4.78, 5) is 4.12. The van der Waals surface area contributed by atoms with Gasteiger partial charge in [0.15, 0.2) is 5.82 Å². The predicted octanol–water partition coefficient (Wildman–Crippen LogP) is 2.81. The van der Waals surface area contributed by atoms with Crippen LogP contribution in [0.1, 0.15) is 5.82 Å². The van der Waals surface area contributed by atoms with Crippen molar-refractivity contribution in [1.82, 2.24) is 10.1 Å². The molecular weight excluding hydrogens is 298 g/mol. The number of benzene rings is 1. The highest BCUT2D eigenvalue weighted by molar-refractivity contribution is 14.1. The maximum atomic E-state index is 12.6. The Kier molecular flexibility index (Phi) is 2.76. The Morgan fingerprint density at radius 1 is 1.29 bits per heavy atom. The SMILES string of the molecule is Fc1ccc(-c2nc(CI)no2)cc1. The molecule has 0 bridgehead atoms. The molecule has 1 aromatic carbocycles. The number of rotatable bonds is 2. The number of hydrogen-bond donors (Lipinski definition) is 0. The van der Waals surface area contributed by atoms with Gasteiger partial charge in [0, 0.05) is 5.56 Å². The lowest BCUT2D eigenvalue weighted by molar-refractivity contribution is 0.425. The van der Waals surface area contributed by atoms with Gasteiger partial charge in [-0.1, -0.05) is 27.7 Å². The van der Waals surface area contributed by atoms with Crippen molar-refractivity contribution in [3.05, 3.63) is 35.9 Å². The van der Waals surface area contributed by atoms with Crippen molar-refractivity contribution in [3.63, 3.8) is 0 Å². The number of hydrogen-bond acceptors (Lipinski definition) is 3. The van der Waals surface area contributed by atoms with E-state index in [1.807, 2.05) is 0 Å². The Hall–Kier alpha value is -0.980. The van der Waals surface area contributed by atoms with Crippen molar-refractivity contribution in [2.75, 3.05) is 0 Å². The first-order valence-corrected chi connectivity index (χ1v) is 5.46.